The second-order valence-corrected chi connectivity index (χ2v) is 6.65. The highest BCUT2D eigenvalue weighted by Crippen LogP contribution is 2.38. The zero-order valence-corrected chi connectivity index (χ0v) is 12.7. The molecule has 5 nitrogen and oxygen atoms in total. The van der Waals surface area contributed by atoms with Crippen LogP contribution >= 0.6 is 0 Å². The van der Waals surface area contributed by atoms with E-state index in [1.54, 1.807) is 0 Å². The largest absolute Gasteiger partial charge is 0.417 e. The first-order valence-corrected chi connectivity index (χ1v) is 7.00. The van der Waals surface area contributed by atoms with E-state index in [0.29, 0.717) is 5.76 Å². The van der Waals surface area contributed by atoms with E-state index in [1.165, 1.54) is 11.0 Å². The van der Waals surface area contributed by atoms with Crippen molar-refractivity contribution in [3.63, 3.8) is 0 Å². The van der Waals surface area contributed by atoms with Crippen molar-refractivity contribution in [2.24, 2.45) is 0 Å². The minimum Gasteiger partial charge on any atom is -0.380 e. The van der Waals surface area contributed by atoms with E-state index in [9.17, 15) is 23.1 Å². The molecule has 124 valence electrons. The highest BCUT2D eigenvalue weighted by Gasteiger charge is 2.55. The molecule has 0 unspecified atom stereocenters. The number of halogens is 3. The molecule has 8 heteroatoms. The van der Waals surface area contributed by atoms with E-state index in [-0.39, 0.29) is 24.2 Å². The van der Waals surface area contributed by atoms with Gasteiger partial charge in [0, 0.05) is 37.4 Å². The van der Waals surface area contributed by atoms with Crippen LogP contribution in [0.15, 0.2) is 10.6 Å². The third-order valence-electron chi connectivity index (χ3n) is 3.87. The molecule has 1 aromatic rings. The predicted molar refractivity (Wildman–Crippen MR) is 71.3 cm³/mol. The first-order valence-electron chi connectivity index (χ1n) is 7.00. The number of rotatable bonds is 1. The van der Waals surface area contributed by atoms with E-state index in [1.807, 2.05) is 20.8 Å². The van der Waals surface area contributed by atoms with Crippen LogP contribution in [0.1, 0.15) is 49.9 Å². The summed E-state index contributed by atoms with van der Waals surface area (Å²) in [6.07, 6.45) is -5.76. The van der Waals surface area contributed by atoms with Crippen LogP contribution in [0.4, 0.5) is 13.2 Å². The highest BCUT2D eigenvalue weighted by atomic mass is 19.4. The van der Waals surface area contributed by atoms with Gasteiger partial charge in [-0.15, -0.1) is 0 Å². The lowest BCUT2D eigenvalue weighted by atomic mass is 9.90. The number of hydrogen-bond donors (Lipinski definition) is 1. The molecule has 1 aliphatic rings. The van der Waals surface area contributed by atoms with Gasteiger partial charge in [-0.3, -0.25) is 4.79 Å². The van der Waals surface area contributed by atoms with Crippen molar-refractivity contribution in [2.45, 2.75) is 50.8 Å². The summed E-state index contributed by atoms with van der Waals surface area (Å²) in [5.41, 5.74) is -2.96. The number of alkyl halides is 3. The van der Waals surface area contributed by atoms with Gasteiger partial charge in [0.25, 0.3) is 5.91 Å². The van der Waals surface area contributed by atoms with Gasteiger partial charge < -0.3 is 14.5 Å². The van der Waals surface area contributed by atoms with E-state index < -0.39 is 30.5 Å². The monoisotopic (exact) mass is 320 g/mol. The minimum absolute atomic E-state index is 0.0716. The van der Waals surface area contributed by atoms with Crippen LogP contribution in [0.5, 0.6) is 0 Å². The lowest BCUT2D eigenvalue weighted by Gasteiger charge is -2.38. The van der Waals surface area contributed by atoms with Gasteiger partial charge in [0.2, 0.25) is 0 Å². The number of carbonyl (C=O) groups excluding carboxylic acids is 1. The summed E-state index contributed by atoms with van der Waals surface area (Å²) in [6, 6.07) is 1.51. The molecule has 1 amide bonds. The van der Waals surface area contributed by atoms with Crippen molar-refractivity contribution in [1.82, 2.24) is 10.1 Å². The Hall–Kier alpha value is -1.57. The molecule has 1 aliphatic heterocycles. The van der Waals surface area contributed by atoms with Gasteiger partial charge in [0.05, 0.1) is 0 Å². The Morgan fingerprint density at radius 1 is 1.32 bits per heavy atom. The number of amides is 1. The van der Waals surface area contributed by atoms with Crippen LogP contribution in [-0.2, 0) is 5.41 Å². The summed E-state index contributed by atoms with van der Waals surface area (Å²) in [6.45, 7) is 5.34. The summed E-state index contributed by atoms with van der Waals surface area (Å²) in [4.78, 5) is 13.5. The van der Waals surface area contributed by atoms with Gasteiger partial charge in [-0.25, -0.2) is 0 Å². The van der Waals surface area contributed by atoms with Crippen LogP contribution in [0, 0.1) is 0 Å². The topological polar surface area (TPSA) is 66.6 Å². The fourth-order valence-corrected chi connectivity index (χ4v) is 2.25. The third kappa shape index (κ3) is 3.11. The van der Waals surface area contributed by atoms with E-state index in [4.69, 9.17) is 4.52 Å². The number of piperidine rings is 1. The maximum absolute atomic E-state index is 12.7. The average Bonchev–Trinajstić information content (AvgIpc) is 2.87. The van der Waals surface area contributed by atoms with Gasteiger partial charge in [0.15, 0.2) is 11.3 Å². The molecule has 0 spiro atoms. The first-order chi connectivity index (χ1) is 9.94. The van der Waals surface area contributed by atoms with Crippen molar-refractivity contribution < 1.29 is 27.6 Å². The summed E-state index contributed by atoms with van der Waals surface area (Å²) >= 11 is 0. The number of aliphatic hydroxyl groups is 1. The van der Waals surface area contributed by atoms with Gasteiger partial charge in [-0.2, -0.15) is 13.2 Å². The van der Waals surface area contributed by atoms with E-state index >= 15 is 0 Å². The first kappa shape index (κ1) is 16.8. The van der Waals surface area contributed by atoms with Crippen molar-refractivity contribution >= 4 is 5.91 Å². The zero-order valence-electron chi connectivity index (χ0n) is 12.7. The lowest BCUT2D eigenvalue weighted by molar-refractivity contribution is -0.271. The summed E-state index contributed by atoms with van der Waals surface area (Å²) < 4.78 is 43.3. The zero-order chi connectivity index (χ0) is 16.8. The quantitative estimate of drug-likeness (QED) is 0.863. The van der Waals surface area contributed by atoms with Crippen molar-refractivity contribution in [2.75, 3.05) is 13.1 Å². The van der Waals surface area contributed by atoms with Crippen LogP contribution in [0.2, 0.25) is 0 Å². The Bertz CT molecular complexity index is 552. The summed E-state index contributed by atoms with van der Waals surface area (Å²) in [5, 5.41) is 13.3. The standard InChI is InChI=1S/C14H19F3N2O3/c1-12(2,3)10-8-9(18-22-10)11(20)19-6-4-13(21,5-7-19)14(15,16)17/h8,21H,4-7H2,1-3H3. The molecule has 0 radical (unpaired) electrons. The molecular formula is C14H19F3N2O3. The number of aromatic nitrogens is 1. The molecule has 0 aliphatic carbocycles. The number of nitrogens with zero attached hydrogens (tertiary/aromatic N) is 2. The Kier molecular flexibility index (Phi) is 4.01. The molecule has 2 heterocycles. The van der Waals surface area contributed by atoms with Crippen LogP contribution in [-0.4, -0.2) is 45.9 Å². The maximum Gasteiger partial charge on any atom is 0.417 e. The smallest absolute Gasteiger partial charge is 0.380 e. The van der Waals surface area contributed by atoms with Gasteiger partial charge >= 0.3 is 6.18 Å². The fourth-order valence-electron chi connectivity index (χ4n) is 2.25. The molecule has 0 aromatic carbocycles. The Morgan fingerprint density at radius 2 is 1.86 bits per heavy atom. The second kappa shape index (κ2) is 5.26. The fraction of sp³-hybridized carbons (Fsp3) is 0.714. The third-order valence-corrected chi connectivity index (χ3v) is 3.87. The van der Waals surface area contributed by atoms with Crippen molar-refractivity contribution in [3.8, 4) is 0 Å². The molecule has 0 bridgehead atoms. The molecule has 0 atom stereocenters. The van der Waals surface area contributed by atoms with E-state index in [2.05, 4.69) is 5.16 Å². The summed E-state index contributed by atoms with van der Waals surface area (Å²) in [5.74, 6) is 0.0446. The number of carbonyl (C=O) groups is 1. The predicted octanol–water partition coefficient (Wildman–Crippen LogP) is 2.50. The van der Waals surface area contributed by atoms with Crippen molar-refractivity contribution in [1.29, 1.82) is 0 Å². The van der Waals surface area contributed by atoms with Gasteiger partial charge in [0.1, 0.15) is 5.76 Å². The molecule has 1 N–H and O–H groups in total. The molecule has 1 aromatic heterocycles. The summed E-state index contributed by atoms with van der Waals surface area (Å²) in [7, 11) is 0. The van der Waals surface area contributed by atoms with Gasteiger partial charge in [-0.05, 0) is 0 Å². The minimum atomic E-state index is -4.69. The van der Waals surface area contributed by atoms with Gasteiger partial charge in [-0.1, -0.05) is 25.9 Å². The molecule has 1 saturated heterocycles. The molecule has 0 saturated carbocycles. The molecule has 1 fully saturated rings. The lowest BCUT2D eigenvalue weighted by Crippen LogP contribution is -2.54. The SMILES string of the molecule is CC(C)(C)c1cc(C(=O)N2CCC(O)(C(F)(F)F)CC2)no1. The van der Waals surface area contributed by atoms with Crippen LogP contribution in [0.3, 0.4) is 0 Å². The van der Waals surface area contributed by atoms with Crippen molar-refractivity contribution in [3.05, 3.63) is 17.5 Å². The Balaban J connectivity index is 2.06. The highest BCUT2D eigenvalue weighted by molar-refractivity contribution is 5.92. The van der Waals surface area contributed by atoms with E-state index in [0.717, 1.165) is 0 Å². The molecule has 22 heavy (non-hydrogen) atoms. The molecule has 2 rings (SSSR count). The maximum atomic E-state index is 12.7. The average molecular weight is 320 g/mol. The second-order valence-electron chi connectivity index (χ2n) is 6.65. The number of hydrogen-bond acceptors (Lipinski definition) is 4. The Labute approximate surface area is 126 Å². The normalized spacial score (nSPS) is 19.3. The Morgan fingerprint density at radius 3 is 2.27 bits per heavy atom. The van der Waals surface area contributed by atoms with Crippen LogP contribution < -0.4 is 0 Å². The van der Waals surface area contributed by atoms with Crippen LogP contribution in [0.25, 0.3) is 0 Å². The number of likely N-dealkylation sites (tertiary alicyclic amines) is 1. The molecular weight excluding hydrogens is 301 g/mol.